The van der Waals surface area contributed by atoms with Crippen LogP contribution in [0.15, 0.2) is 18.5 Å². The summed E-state index contributed by atoms with van der Waals surface area (Å²) in [5.41, 5.74) is 9.11. The summed E-state index contributed by atoms with van der Waals surface area (Å²) < 4.78 is 0. The lowest BCUT2D eigenvalue weighted by molar-refractivity contribution is 0.666. The highest BCUT2D eigenvalue weighted by molar-refractivity contribution is 5.33. The zero-order valence-corrected chi connectivity index (χ0v) is 8.21. The number of hydrogen-bond acceptors (Lipinski definition) is 1. The minimum atomic E-state index is 0.521. The number of aryl methyl sites for hydroxylation is 1. The van der Waals surface area contributed by atoms with E-state index in [1.54, 1.807) is 6.20 Å². The number of aromatic nitrogens is 1. The van der Waals surface area contributed by atoms with Crippen molar-refractivity contribution in [3.05, 3.63) is 24.0 Å². The van der Waals surface area contributed by atoms with Crippen LogP contribution in [0.4, 0.5) is 5.69 Å². The maximum absolute atomic E-state index is 7.39. The van der Waals surface area contributed by atoms with E-state index in [1.165, 1.54) is 31.2 Å². The normalized spacial score (nSPS) is 10.2. The highest BCUT2D eigenvalue weighted by atomic mass is 14.7. The molecule has 2 heteroatoms. The highest BCUT2D eigenvalue weighted by Gasteiger charge is 1.94. The lowest BCUT2D eigenvalue weighted by Crippen LogP contribution is -1.87. The topological polar surface area (TPSA) is 36.7 Å². The molecule has 0 unspecified atom stereocenters. The number of pyridine rings is 1. The zero-order valence-electron chi connectivity index (χ0n) is 8.21. The fourth-order valence-electron chi connectivity index (χ4n) is 1.38. The Morgan fingerprint density at radius 1 is 1.23 bits per heavy atom. The van der Waals surface area contributed by atoms with Gasteiger partial charge in [-0.05, 0) is 24.5 Å². The molecule has 0 atom stereocenters. The van der Waals surface area contributed by atoms with Crippen LogP contribution in [0, 0.1) is 0 Å². The molecule has 0 amide bonds. The largest absolute Gasteiger partial charge is 0.299 e. The zero-order chi connectivity index (χ0) is 9.52. The summed E-state index contributed by atoms with van der Waals surface area (Å²) in [7, 11) is 0. The molecule has 0 fully saturated rings. The fourth-order valence-corrected chi connectivity index (χ4v) is 1.38. The first-order valence-corrected chi connectivity index (χ1v) is 4.98. The van der Waals surface area contributed by atoms with Crippen LogP contribution in [0.3, 0.4) is 0 Å². The molecular weight excluding hydrogens is 160 g/mol. The third-order valence-corrected chi connectivity index (χ3v) is 2.11. The molecule has 0 saturated carbocycles. The van der Waals surface area contributed by atoms with Gasteiger partial charge in [0.1, 0.15) is 0 Å². The molecule has 0 bridgehead atoms. The lowest BCUT2D eigenvalue weighted by Gasteiger charge is -2.00. The average molecular weight is 177 g/mol. The highest BCUT2D eigenvalue weighted by Crippen LogP contribution is 2.10. The molecule has 0 aliphatic rings. The Bertz CT molecular complexity index is 246. The molecule has 1 heterocycles. The quantitative estimate of drug-likeness (QED) is 0.636. The van der Waals surface area contributed by atoms with E-state index in [9.17, 15) is 0 Å². The van der Waals surface area contributed by atoms with Crippen LogP contribution < -0.4 is 5.73 Å². The molecule has 2 nitrogen and oxygen atoms in total. The minimum absolute atomic E-state index is 0.521. The third kappa shape index (κ3) is 3.92. The molecule has 71 valence electrons. The maximum atomic E-state index is 7.39. The fraction of sp³-hybridized carbons (Fsp3) is 0.545. The molecule has 1 radical (unpaired) electrons. The standard InChI is InChI=1S/C11H17N2/c1-2-3-4-5-6-10-7-11(12)9-13-8-10/h7-9,12H,2-6H2,1H3. The van der Waals surface area contributed by atoms with Gasteiger partial charge in [0.05, 0.1) is 11.9 Å². The summed E-state index contributed by atoms with van der Waals surface area (Å²) in [6.07, 6.45) is 9.61. The van der Waals surface area contributed by atoms with E-state index < -0.39 is 0 Å². The molecule has 0 aliphatic carbocycles. The maximum Gasteiger partial charge on any atom is 0.0725 e. The van der Waals surface area contributed by atoms with E-state index in [1.807, 2.05) is 12.3 Å². The van der Waals surface area contributed by atoms with Crippen molar-refractivity contribution in [2.45, 2.75) is 39.0 Å². The van der Waals surface area contributed by atoms with E-state index in [4.69, 9.17) is 5.73 Å². The molecule has 1 N–H and O–H groups in total. The third-order valence-electron chi connectivity index (χ3n) is 2.11. The van der Waals surface area contributed by atoms with Gasteiger partial charge in [0, 0.05) is 6.20 Å². The summed E-state index contributed by atoms with van der Waals surface area (Å²) in [5.74, 6) is 0. The molecule has 1 rings (SSSR count). The summed E-state index contributed by atoms with van der Waals surface area (Å²) in [5, 5.41) is 0. The van der Waals surface area contributed by atoms with Crippen LogP contribution in [0.2, 0.25) is 0 Å². The van der Waals surface area contributed by atoms with Crippen molar-refractivity contribution in [1.82, 2.24) is 10.7 Å². The van der Waals surface area contributed by atoms with Crippen molar-refractivity contribution < 1.29 is 0 Å². The smallest absolute Gasteiger partial charge is 0.0725 e. The number of nitrogens with zero attached hydrogens (tertiary/aromatic N) is 1. The first-order valence-electron chi connectivity index (χ1n) is 4.98. The van der Waals surface area contributed by atoms with Crippen LogP contribution in [-0.4, -0.2) is 4.98 Å². The molecule has 0 aromatic carbocycles. The van der Waals surface area contributed by atoms with Gasteiger partial charge < -0.3 is 0 Å². The van der Waals surface area contributed by atoms with Gasteiger partial charge in [-0.3, -0.25) is 10.7 Å². The van der Waals surface area contributed by atoms with Crippen molar-refractivity contribution in [2.75, 3.05) is 0 Å². The van der Waals surface area contributed by atoms with E-state index >= 15 is 0 Å². The van der Waals surface area contributed by atoms with Crippen molar-refractivity contribution in [3.8, 4) is 0 Å². The number of unbranched alkanes of at least 4 members (excludes halogenated alkanes) is 3. The van der Waals surface area contributed by atoms with Gasteiger partial charge in [-0.25, -0.2) is 0 Å². The first kappa shape index (κ1) is 10.0. The SMILES string of the molecule is CCCCCCc1cncc([NH])c1. The number of hydrogen-bond donors (Lipinski definition) is 0. The molecule has 13 heavy (non-hydrogen) atoms. The second-order valence-corrected chi connectivity index (χ2v) is 3.39. The Morgan fingerprint density at radius 3 is 2.77 bits per heavy atom. The Labute approximate surface area is 80.2 Å². The minimum Gasteiger partial charge on any atom is -0.299 e. The van der Waals surface area contributed by atoms with E-state index in [-0.39, 0.29) is 0 Å². The summed E-state index contributed by atoms with van der Waals surface area (Å²) in [6.45, 7) is 2.21. The van der Waals surface area contributed by atoms with Gasteiger partial charge in [-0.1, -0.05) is 26.2 Å². The van der Waals surface area contributed by atoms with Crippen LogP contribution in [0.5, 0.6) is 0 Å². The van der Waals surface area contributed by atoms with Crippen molar-refractivity contribution in [3.63, 3.8) is 0 Å². The van der Waals surface area contributed by atoms with E-state index in [0.717, 1.165) is 6.42 Å². The average Bonchev–Trinajstić information content (AvgIpc) is 2.13. The van der Waals surface area contributed by atoms with Gasteiger partial charge in [0.15, 0.2) is 0 Å². The predicted molar refractivity (Wildman–Crippen MR) is 54.8 cm³/mol. The molecule has 0 spiro atoms. The Balaban J connectivity index is 2.28. The summed E-state index contributed by atoms with van der Waals surface area (Å²) in [4.78, 5) is 4.00. The van der Waals surface area contributed by atoms with Crippen molar-refractivity contribution in [2.24, 2.45) is 0 Å². The lowest BCUT2D eigenvalue weighted by atomic mass is 10.1. The Kier molecular flexibility index (Phi) is 4.30. The molecular formula is C11H17N2. The Morgan fingerprint density at radius 2 is 2.08 bits per heavy atom. The monoisotopic (exact) mass is 177 g/mol. The number of rotatable bonds is 5. The second-order valence-electron chi connectivity index (χ2n) is 3.39. The summed E-state index contributed by atoms with van der Waals surface area (Å²) in [6, 6.07) is 1.90. The molecule has 1 aromatic heterocycles. The molecule has 1 aromatic rings. The van der Waals surface area contributed by atoms with Gasteiger partial charge >= 0.3 is 0 Å². The van der Waals surface area contributed by atoms with Crippen LogP contribution >= 0.6 is 0 Å². The van der Waals surface area contributed by atoms with Gasteiger partial charge in [0.2, 0.25) is 0 Å². The van der Waals surface area contributed by atoms with Crippen LogP contribution in [0.1, 0.15) is 38.2 Å². The second kappa shape index (κ2) is 5.57. The Hall–Kier alpha value is -1.05. The van der Waals surface area contributed by atoms with E-state index in [0.29, 0.717) is 5.69 Å². The van der Waals surface area contributed by atoms with Crippen LogP contribution in [0.25, 0.3) is 0 Å². The van der Waals surface area contributed by atoms with Crippen molar-refractivity contribution >= 4 is 5.69 Å². The van der Waals surface area contributed by atoms with Gasteiger partial charge in [-0.15, -0.1) is 0 Å². The molecule has 0 saturated heterocycles. The molecule has 0 aliphatic heterocycles. The van der Waals surface area contributed by atoms with E-state index in [2.05, 4.69) is 11.9 Å². The predicted octanol–water partition coefficient (Wildman–Crippen LogP) is 3.12. The van der Waals surface area contributed by atoms with Gasteiger partial charge in [-0.2, -0.15) is 0 Å². The van der Waals surface area contributed by atoms with Crippen LogP contribution in [-0.2, 0) is 6.42 Å². The summed E-state index contributed by atoms with van der Waals surface area (Å²) >= 11 is 0. The van der Waals surface area contributed by atoms with Gasteiger partial charge in [0.25, 0.3) is 0 Å². The first-order chi connectivity index (χ1) is 6.33. The number of nitrogens with one attached hydrogen (secondary N) is 1. The van der Waals surface area contributed by atoms with Crippen molar-refractivity contribution in [1.29, 1.82) is 0 Å².